The zero-order valence-corrected chi connectivity index (χ0v) is 22.4. The van der Waals surface area contributed by atoms with E-state index in [-0.39, 0.29) is 17.9 Å². The third kappa shape index (κ3) is 5.73. The second-order valence-electron chi connectivity index (χ2n) is 9.59. The van der Waals surface area contributed by atoms with E-state index in [0.29, 0.717) is 35.8 Å². The van der Waals surface area contributed by atoms with E-state index in [0.717, 1.165) is 16.7 Å². The Morgan fingerprint density at radius 3 is 2.27 bits per heavy atom. The van der Waals surface area contributed by atoms with Crippen molar-refractivity contribution in [2.45, 2.75) is 33.0 Å². The Morgan fingerprint density at radius 2 is 1.60 bits per heavy atom. The highest BCUT2D eigenvalue weighted by Gasteiger charge is 2.46. The lowest BCUT2D eigenvalue weighted by Gasteiger charge is -2.25. The van der Waals surface area contributed by atoms with Gasteiger partial charge in [0.15, 0.2) is 0 Å². The van der Waals surface area contributed by atoms with Gasteiger partial charge in [0.25, 0.3) is 11.7 Å². The summed E-state index contributed by atoms with van der Waals surface area (Å²) in [4.78, 5) is 32.2. The van der Waals surface area contributed by atoms with E-state index in [1.165, 1.54) is 4.90 Å². The molecule has 40 heavy (non-hydrogen) atoms. The maximum Gasteiger partial charge on any atom is 0.295 e. The molecule has 202 valence electrons. The number of aryl methyl sites for hydroxylation is 1. The topological polar surface area (TPSA) is 89.0 Å². The van der Waals surface area contributed by atoms with Crippen molar-refractivity contribution in [2.75, 3.05) is 6.61 Å². The lowest BCUT2D eigenvalue weighted by atomic mass is 9.95. The molecule has 1 fully saturated rings. The summed E-state index contributed by atoms with van der Waals surface area (Å²) in [6, 6.07) is 25.0. The van der Waals surface area contributed by atoms with E-state index in [2.05, 4.69) is 11.1 Å². The fourth-order valence-electron chi connectivity index (χ4n) is 4.82. The van der Waals surface area contributed by atoms with Crippen LogP contribution in [0.4, 0.5) is 0 Å². The minimum atomic E-state index is -0.784. The van der Waals surface area contributed by atoms with Crippen molar-refractivity contribution >= 4 is 17.4 Å². The van der Waals surface area contributed by atoms with E-state index >= 15 is 0 Å². The third-order valence-electron chi connectivity index (χ3n) is 6.74. The van der Waals surface area contributed by atoms with E-state index < -0.39 is 17.7 Å². The van der Waals surface area contributed by atoms with Gasteiger partial charge in [-0.05, 0) is 73.0 Å². The Bertz CT molecular complexity index is 1530. The molecular formula is C33H30N2O5. The molecule has 1 atom stereocenters. The van der Waals surface area contributed by atoms with Crippen LogP contribution in [0.2, 0.25) is 0 Å². The molecular weight excluding hydrogens is 504 g/mol. The van der Waals surface area contributed by atoms with Gasteiger partial charge in [0.1, 0.15) is 23.9 Å². The average molecular weight is 535 g/mol. The number of benzene rings is 3. The number of ketones is 1. The minimum absolute atomic E-state index is 0.0338. The number of hydrogen-bond acceptors (Lipinski definition) is 6. The smallest absolute Gasteiger partial charge is 0.295 e. The van der Waals surface area contributed by atoms with Crippen molar-refractivity contribution in [1.29, 1.82) is 0 Å². The van der Waals surface area contributed by atoms with E-state index in [1.807, 2.05) is 50.2 Å². The lowest BCUT2D eigenvalue weighted by molar-refractivity contribution is -0.140. The number of rotatable bonds is 9. The van der Waals surface area contributed by atoms with Crippen LogP contribution in [-0.4, -0.2) is 33.3 Å². The predicted octanol–water partition coefficient (Wildman–Crippen LogP) is 5.99. The van der Waals surface area contributed by atoms with Gasteiger partial charge in [-0.3, -0.25) is 14.6 Å². The van der Waals surface area contributed by atoms with Gasteiger partial charge in [-0.25, -0.2) is 0 Å². The maximum absolute atomic E-state index is 13.4. The van der Waals surface area contributed by atoms with Crippen molar-refractivity contribution in [2.24, 2.45) is 0 Å². The molecule has 0 spiro atoms. The quantitative estimate of drug-likeness (QED) is 0.161. The van der Waals surface area contributed by atoms with Crippen molar-refractivity contribution in [3.63, 3.8) is 0 Å². The van der Waals surface area contributed by atoms with Crippen molar-refractivity contribution < 1.29 is 24.2 Å². The molecule has 1 aliphatic heterocycles. The number of ether oxygens (including phenoxy) is 2. The highest BCUT2D eigenvalue weighted by molar-refractivity contribution is 6.46. The molecule has 0 radical (unpaired) electrons. The van der Waals surface area contributed by atoms with Gasteiger partial charge < -0.3 is 19.5 Å². The molecule has 0 bridgehead atoms. The first-order chi connectivity index (χ1) is 19.4. The Balaban J connectivity index is 1.47. The van der Waals surface area contributed by atoms with Gasteiger partial charge in [-0.15, -0.1) is 0 Å². The molecule has 3 aromatic carbocycles. The molecule has 1 unspecified atom stereocenters. The molecule has 5 rings (SSSR count). The summed E-state index contributed by atoms with van der Waals surface area (Å²) in [6.07, 6.45) is 3.31. The van der Waals surface area contributed by atoms with Crippen LogP contribution in [0.5, 0.6) is 11.5 Å². The first-order valence-electron chi connectivity index (χ1n) is 13.1. The second kappa shape index (κ2) is 11.9. The highest BCUT2D eigenvalue weighted by atomic mass is 16.5. The number of aromatic nitrogens is 1. The maximum atomic E-state index is 13.4. The Morgan fingerprint density at radius 1 is 0.900 bits per heavy atom. The van der Waals surface area contributed by atoms with Gasteiger partial charge in [-0.1, -0.05) is 48.0 Å². The SMILES string of the molecule is CCOc1ccc(C2C(=C(O)c3ccc(OCc4cccc(C)c4)cc3)C(=O)C(=O)N2Cc2cccnc2)cc1. The van der Waals surface area contributed by atoms with Crippen LogP contribution in [0.25, 0.3) is 5.76 Å². The summed E-state index contributed by atoms with van der Waals surface area (Å²) in [7, 11) is 0. The Hall–Kier alpha value is -4.91. The molecule has 0 aliphatic carbocycles. The number of hydrogen-bond donors (Lipinski definition) is 1. The molecule has 7 nitrogen and oxygen atoms in total. The molecule has 1 aliphatic rings. The van der Waals surface area contributed by atoms with Gasteiger partial charge in [0.05, 0.1) is 18.2 Å². The second-order valence-corrected chi connectivity index (χ2v) is 9.59. The minimum Gasteiger partial charge on any atom is -0.507 e. The summed E-state index contributed by atoms with van der Waals surface area (Å²) >= 11 is 0. The molecule has 1 aromatic heterocycles. The van der Waals surface area contributed by atoms with E-state index in [1.54, 1.807) is 54.9 Å². The van der Waals surface area contributed by atoms with Crippen molar-refractivity contribution in [1.82, 2.24) is 9.88 Å². The summed E-state index contributed by atoms with van der Waals surface area (Å²) < 4.78 is 11.5. The van der Waals surface area contributed by atoms with Crippen LogP contribution >= 0.6 is 0 Å². The normalized spacial score (nSPS) is 16.2. The molecule has 1 saturated heterocycles. The van der Waals surface area contributed by atoms with Gasteiger partial charge >= 0.3 is 0 Å². The van der Waals surface area contributed by atoms with Crippen molar-refractivity contribution in [3.05, 3.63) is 131 Å². The number of carbonyl (C=O) groups is 2. The molecule has 4 aromatic rings. The average Bonchev–Trinajstić information content (AvgIpc) is 3.22. The molecule has 2 heterocycles. The number of nitrogens with zero attached hydrogens (tertiary/aromatic N) is 2. The fraction of sp³-hybridized carbons (Fsp3) is 0.182. The number of Topliss-reactive ketones (excluding diaryl/α,β-unsaturated/α-hetero) is 1. The Kier molecular flexibility index (Phi) is 7.92. The number of carbonyl (C=O) groups excluding carboxylic acids is 2. The van der Waals surface area contributed by atoms with Crippen LogP contribution in [0.15, 0.2) is 103 Å². The molecule has 7 heteroatoms. The summed E-state index contributed by atoms with van der Waals surface area (Å²) in [6.45, 7) is 5.02. The molecule has 1 N–H and O–H groups in total. The Labute approximate surface area is 233 Å². The largest absolute Gasteiger partial charge is 0.507 e. The fourth-order valence-corrected chi connectivity index (χ4v) is 4.82. The zero-order chi connectivity index (χ0) is 28.1. The van der Waals surface area contributed by atoms with E-state index in [9.17, 15) is 14.7 Å². The monoisotopic (exact) mass is 534 g/mol. The van der Waals surface area contributed by atoms with Gasteiger partial charge in [0.2, 0.25) is 0 Å². The van der Waals surface area contributed by atoms with Crippen molar-refractivity contribution in [3.8, 4) is 11.5 Å². The first kappa shape index (κ1) is 26.7. The first-order valence-corrected chi connectivity index (χ1v) is 13.1. The van der Waals surface area contributed by atoms with Crippen LogP contribution in [0, 0.1) is 6.92 Å². The number of aliphatic hydroxyl groups is 1. The highest BCUT2D eigenvalue weighted by Crippen LogP contribution is 2.40. The zero-order valence-electron chi connectivity index (χ0n) is 22.4. The third-order valence-corrected chi connectivity index (χ3v) is 6.74. The summed E-state index contributed by atoms with van der Waals surface area (Å²) in [5.41, 5.74) is 4.12. The van der Waals surface area contributed by atoms with Crippen LogP contribution < -0.4 is 9.47 Å². The summed E-state index contributed by atoms with van der Waals surface area (Å²) in [5.74, 6) is -0.353. The summed E-state index contributed by atoms with van der Waals surface area (Å²) in [5, 5.41) is 11.4. The lowest BCUT2D eigenvalue weighted by Crippen LogP contribution is -2.29. The van der Waals surface area contributed by atoms with Crippen LogP contribution in [0.1, 0.15) is 40.8 Å². The number of amides is 1. The number of pyridine rings is 1. The van der Waals surface area contributed by atoms with Crippen LogP contribution in [0.3, 0.4) is 0 Å². The van der Waals surface area contributed by atoms with E-state index in [4.69, 9.17) is 9.47 Å². The number of aliphatic hydroxyl groups excluding tert-OH is 1. The number of likely N-dealkylation sites (tertiary alicyclic amines) is 1. The van der Waals surface area contributed by atoms with Gasteiger partial charge in [-0.2, -0.15) is 0 Å². The predicted molar refractivity (Wildman–Crippen MR) is 152 cm³/mol. The standard InChI is InChI=1S/C33H30N2O5/c1-3-39-27-13-9-25(10-14-27)30-29(32(37)33(38)35(30)20-24-8-5-17-34-19-24)31(36)26-11-15-28(16-12-26)40-21-23-7-4-6-22(2)18-23/h4-19,30,36H,3,20-21H2,1-2H3. The van der Waals surface area contributed by atoms with Gasteiger partial charge in [0, 0.05) is 24.5 Å². The molecule has 0 saturated carbocycles. The molecule has 1 amide bonds. The van der Waals surface area contributed by atoms with Crippen LogP contribution in [-0.2, 0) is 22.7 Å².